The first kappa shape index (κ1) is 10.3. The Morgan fingerprint density at radius 2 is 2.14 bits per heavy atom. The molecule has 1 aromatic carbocycles. The van der Waals surface area contributed by atoms with Crippen molar-refractivity contribution in [3.8, 4) is 11.8 Å². The topological polar surface area (TPSA) is 33.0 Å². The zero-order valence-electron chi connectivity index (χ0n) is 8.23. The molecular weight excluding hydrogens is 174 g/mol. The number of nitriles is 1. The van der Waals surface area contributed by atoms with Crippen molar-refractivity contribution >= 4 is 0 Å². The van der Waals surface area contributed by atoms with Crippen molar-refractivity contribution in [2.24, 2.45) is 0 Å². The second-order valence-electron chi connectivity index (χ2n) is 2.98. The van der Waals surface area contributed by atoms with Crippen LogP contribution in [0.1, 0.15) is 17.9 Å². The average molecular weight is 187 g/mol. The number of rotatable bonds is 4. The number of hydrogen-bond acceptors (Lipinski definition) is 2. The smallest absolute Gasteiger partial charge is 0.118 e. The third-order valence-corrected chi connectivity index (χ3v) is 2.08. The van der Waals surface area contributed by atoms with Gasteiger partial charge in [0.15, 0.2) is 0 Å². The molecule has 1 atom stereocenters. The first-order valence-electron chi connectivity index (χ1n) is 4.46. The summed E-state index contributed by atoms with van der Waals surface area (Å²) in [5.41, 5.74) is 1.01. The van der Waals surface area contributed by atoms with Crippen LogP contribution in [0.4, 0.5) is 0 Å². The third kappa shape index (κ3) is 2.37. The van der Waals surface area contributed by atoms with E-state index in [9.17, 15) is 0 Å². The maximum atomic E-state index is 8.91. The van der Waals surface area contributed by atoms with Gasteiger partial charge in [-0.2, -0.15) is 5.26 Å². The highest BCUT2D eigenvalue weighted by Gasteiger charge is 2.07. The SMILES string of the molecule is C=CC[C@@H](C#N)c1ccc(OC)cc1. The van der Waals surface area contributed by atoms with Crippen LogP contribution >= 0.6 is 0 Å². The first-order valence-corrected chi connectivity index (χ1v) is 4.46. The van der Waals surface area contributed by atoms with Gasteiger partial charge >= 0.3 is 0 Å². The van der Waals surface area contributed by atoms with Gasteiger partial charge in [-0.3, -0.25) is 0 Å². The van der Waals surface area contributed by atoms with E-state index >= 15 is 0 Å². The normalized spacial score (nSPS) is 11.4. The number of hydrogen-bond donors (Lipinski definition) is 0. The van der Waals surface area contributed by atoms with E-state index in [0.29, 0.717) is 6.42 Å². The molecule has 2 heteroatoms. The summed E-state index contributed by atoms with van der Waals surface area (Å²) in [5, 5.41) is 8.91. The van der Waals surface area contributed by atoms with E-state index in [4.69, 9.17) is 10.00 Å². The van der Waals surface area contributed by atoms with Crippen molar-refractivity contribution in [2.45, 2.75) is 12.3 Å². The van der Waals surface area contributed by atoms with Gasteiger partial charge < -0.3 is 4.74 Å². The van der Waals surface area contributed by atoms with Crippen molar-refractivity contribution < 1.29 is 4.74 Å². The Bertz CT molecular complexity index is 334. The molecule has 1 aromatic rings. The van der Waals surface area contributed by atoms with Crippen LogP contribution in [0.3, 0.4) is 0 Å². The Kier molecular flexibility index (Phi) is 3.75. The molecule has 0 fully saturated rings. The standard InChI is InChI=1S/C12H13NO/c1-3-4-11(9-13)10-5-7-12(14-2)8-6-10/h3,5-8,11H,1,4H2,2H3/t11-/m0/s1. The molecule has 0 radical (unpaired) electrons. The summed E-state index contributed by atoms with van der Waals surface area (Å²) in [5.74, 6) is 0.711. The van der Waals surface area contributed by atoms with Crippen LogP contribution in [0.2, 0.25) is 0 Å². The molecule has 0 aromatic heterocycles. The average Bonchev–Trinajstić information content (AvgIpc) is 2.26. The Morgan fingerprint density at radius 3 is 2.57 bits per heavy atom. The van der Waals surface area contributed by atoms with Crippen LogP contribution in [0.25, 0.3) is 0 Å². The van der Waals surface area contributed by atoms with Gasteiger partial charge in [-0.1, -0.05) is 18.2 Å². The second-order valence-corrected chi connectivity index (χ2v) is 2.98. The summed E-state index contributed by atoms with van der Waals surface area (Å²) in [4.78, 5) is 0. The van der Waals surface area contributed by atoms with Crippen molar-refractivity contribution in [3.05, 3.63) is 42.5 Å². The molecule has 0 aliphatic carbocycles. The van der Waals surface area contributed by atoms with Gasteiger partial charge in [0.1, 0.15) is 5.75 Å². The lowest BCUT2D eigenvalue weighted by Gasteiger charge is -2.07. The summed E-state index contributed by atoms with van der Waals surface area (Å²) in [6.07, 6.45) is 2.45. The van der Waals surface area contributed by atoms with Gasteiger partial charge in [-0.15, -0.1) is 6.58 Å². The lowest BCUT2D eigenvalue weighted by molar-refractivity contribution is 0.414. The van der Waals surface area contributed by atoms with E-state index in [1.54, 1.807) is 13.2 Å². The molecular formula is C12H13NO. The minimum Gasteiger partial charge on any atom is -0.497 e. The predicted octanol–water partition coefficient (Wildman–Crippen LogP) is 2.88. The van der Waals surface area contributed by atoms with E-state index in [0.717, 1.165) is 11.3 Å². The quantitative estimate of drug-likeness (QED) is 0.679. The maximum Gasteiger partial charge on any atom is 0.118 e. The van der Waals surface area contributed by atoms with Gasteiger partial charge in [-0.25, -0.2) is 0 Å². The molecule has 0 amide bonds. The highest BCUT2D eigenvalue weighted by molar-refractivity contribution is 5.32. The summed E-state index contributed by atoms with van der Waals surface area (Å²) in [6, 6.07) is 9.80. The Labute approximate surface area is 84.4 Å². The Morgan fingerprint density at radius 1 is 1.50 bits per heavy atom. The molecule has 0 saturated carbocycles. The fourth-order valence-electron chi connectivity index (χ4n) is 1.27. The number of methoxy groups -OCH3 is 1. The van der Waals surface area contributed by atoms with Gasteiger partial charge in [0, 0.05) is 0 Å². The fraction of sp³-hybridized carbons (Fsp3) is 0.250. The highest BCUT2D eigenvalue weighted by Crippen LogP contribution is 2.21. The molecule has 0 saturated heterocycles. The number of ether oxygens (including phenoxy) is 1. The van der Waals surface area contributed by atoms with Crippen LogP contribution < -0.4 is 4.74 Å². The molecule has 2 nitrogen and oxygen atoms in total. The summed E-state index contributed by atoms with van der Waals surface area (Å²) < 4.78 is 5.04. The highest BCUT2D eigenvalue weighted by atomic mass is 16.5. The van der Waals surface area contributed by atoms with Crippen molar-refractivity contribution in [1.29, 1.82) is 5.26 Å². The molecule has 0 aliphatic rings. The Hall–Kier alpha value is -1.75. The molecule has 0 N–H and O–H groups in total. The zero-order valence-corrected chi connectivity index (χ0v) is 8.23. The van der Waals surface area contributed by atoms with Crippen molar-refractivity contribution in [1.82, 2.24) is 0 Å². The lowest BCUT2D eigenvalue weighted by atomic mass is 9.97. The van der Waals surface area contributed by atoms with Crippen LogP contribution in [-0.4, -0.2) is 7.11 Å². The summed E-state index contributed by atoms with van der Waals surface area (Å²) in [7, 11) is 1.63. The lowest BCUT2D eigenvalue weighted by Crippen LogP contribution is -1.93. The minimum atomic E-state index is -0.0987. The van der Waals surface area contributed by atoms with E-state index in [1.165, 1.54) is 0 Å². The fourth-order valence-corrected chi connectivity index (χ4v) is 1.27. The third-order valence-electron chi connectivity index (χ3n) is 2.08. The number of nitrogens with zero attached hydrogens (tertiary/aromatic N) is 1. The molecule has 0 bridgehead atoms. The van der Waals surface area contributed by atoms with Crippen molar-refractivity contribution in [2.75, 3.05) is 7.11 Å². The van der Waals surface area contributed by atoms with E-state index in [1.807, 2.05) is 24.3 Å². The second kappa shape index (κ2) is 5.08. The molecule has 1 rings (SSSR count). The summed E-state index contributed by atoms with van der Waals surface area (Å²) in [6.45, 7) is 3.63. The van der Waals surface area contributed by atoms with E-state index in [-0.39, 0.29) is 5.92 Å². The summed E-state index contributed by atoms with van der Waals surface area (Å²) >= 11 is 0. The number of benzene rings is 1. The van der Waals surface area contributed by atoms with Gasteiger partial charge in [-0.05, 0) is 24.1 Å². The monoisotopic (exact) mass is 187 g/mol. The zero-order chi connectivity index (χ0) is 10.4. The van der Waals surface area contributed by atoms with E-state index < -0.39 is 0 Å². The largest absolute Gasteiger partial charge is 0.497 e. The molecule has 0 aliphatic heterocycles. The predicted molar refractivity (Wildman–Crippen MR) is 56.2 cm³/mol. The molecule has 0 heterocycles. The van der Waals surface area contributed by atoms with Crippen molar-refractivity contribution in [3.63, 3.8) is 0 Å². The molecule has 72 valence electrons. The van der Waals surface area contributed by atoms with Gasteiger partial charge in [0.2, 0.25) is 0 Å². The first-order chi connectivity index (χ1) is 6.81. The van der Waals surface area contributed by atoms with Crippen LogP contribution in [0.15, 0.2) is 36.9 Å². The van der Waals surface area contributed by atoms with Crippen LogP contribution in [0.5, 0.6) is 5.75 Å². The van der Waals surface area contributed by atoms with Gasteiger partial charge in [0.05, 0.1) is 19.1 Å². The Balaban J connectivity index is 2.84. The van der Waals surface area contributed by atoms with Crippen LogP contribution in [-0.2, 0) is 0 Å². The van der Waals surface area contributed by atoms with Crippen LogP contribution in [0, 0.1) is 11.3 Å². The molecule has 0 unspecified atom stereocenters. The van der Waals surface area contributed by atoms with Gasteiger partial charge in [0.25, 0.3) is 0 Å². The molecule has 0 spiro atoms. The molecule has 14 heavy (non-hydrogen) atoms. The van der Waals surface area contributed by atoms with E-state index in [2.05, 4.69) is 12.6 Å². The minimum absolute atomic E-state index is 0.0987. The number of allylic oxidation sites excluding steroid dienone is 1. The maximum absolute atomic E-state index is 8.91.